The van der Waals surface area contributed by atoms with Gasteiger partial charge in [-0.2, -0.15) is 0 Å². The molecule has 36 heavy (non-hydrogen) atoms. The van der Waals surface area contributed by atoms with Crippen molar-refractivity contribution in [3.63, 3.8) is 0 Å². The van der Waals surface area contributed by atoms with Crippen molar-refractivity contribution in [1.82, 2.24) is 5.32 Å². The Labute approximate surface area is 217 Å². The summed E-state index contributed by atoms with van der Waals surface area (Å²) in [6, 6.07) is 9.95. The number of nitrogens with zero attached hydrogens (tertiary/aromatic N) is 1. The van der Waals surface area contributed by atoms with Gasteiger partial charge < -0.3 is 14.8 Å². The molecule has 0 aromatic heterocycles. The third-order valence-electron chi connectivity index (χ3n) is 8.22. The van der Waals surface area contributed by atoms with Gasteiger partial charge in [0.05, 0.1) is 25.9 Å². The number of hydrogen-bond donors (Lipinski definition) is 1. The smallest absolute Gasteiger partial charge is 0.220 e. The molecule has 1 amide bonds. The Morgan fingerprint density at radius 2 is 1.92 bits per heavy atom. The zero-order valence-electron chi connectivity index (χ0n) is 22.4. The molecule has 1 fully saturated rings. The highest BCUT2D eigenvalue weighted by molar-refractivity contribution is 5.97. The van der Waals surface area contributed by atoms with Crippen LogP contribution in [0.1, 0.15) is 64.9 Å². The third kappa shape index (κ3) is 7.17. The molecule has 4 rings (SSSR count). The molecule has 5 heteroatoms. The van der Waals surface area contributed by atoms with Crippen LogP contribution in [0.25, 0.3) is 0 Å². The Bertz CT molecular complexity index is 946. The lowest BCUT2D eigenvalue weighted by Gasteiger charge is -2.32. The van der Waals surface area contributed by atoms with E-state index in [1.165, 1.54) is 31.3 Å². The van der Waals surface area contributed by atoms with Crippen LogP contribution in [0.3, 0.4) is 0 Å². The number of aliphatic imine (C=N–C) groups is 1. The molecule has 1 heterocycles. The summed E-state index contributed by atoms with van der Waals surface area (Å²) < 4.78 is 12.3. The number of nitrogens with one attached hydrogen (secondary N) is 1. The molecule has 5 nitrogen and oxygen atoms in total. The van der Waals surface area contributed by atoms with Crippen molar-refractivity contribution in [1.29, 1.82) is 0 Å². The molecular formula is C31H44N2O3. The van der Waals surface area contributed by atoms with Gasteiger partial charge in [-0.3, -0.25) is 9.79 Å². The molecule has 1 N–H and O–H groups in total. The fourth-order valence-corrected chi connectivity index (χ4v) is 5.74. The number of benzene rings is 1. The minimum Gasteiger partial charge on any atom is -0.377 e. The Morgan fingerprint density at radius 3 is 2.67 bits per heavy atom. The van der Waals surface area contributed by atoms with Crippen LogP contribution in [0.4, 0.5) is 0 Å². The van der Waals surface area contributed by atoms with Crippen molar-refractivity contribution in [2.45, 2.75) is 71.9 Å². The first-order valence-electron chi connectivity index (χ1n) is 13.9. The molecule has 0 spiro atoms. The van der Waals surface area contributed by atoms with E-state index in [1.54, 1.807) is 0 Å². The highest BCUT2D eigenvalue weighted by Crippen LogP contribution is 2.42. The summed E-state index contributed by atoms with van der Waals surface area (Å²) >= 11 is 0. The molecule has 3 atom stereocenters. The first-order chi connectivity index (χ1) is 17.5. The van der Waals surface area contributed by atoms with Crippen LogP contribution < -0.4 is 5.32 Å². The van der Waals surface area contributed by atoms with Crippen LogP contribution in [0.2, 0.25) is 0 Å². The van der Waals surface area contributed by atoms with Gasteiger partial charge in [-0.15, -0.1) is 0 Å². The van der Waals surface area contributed by atoms with Crippen molar-refractivity contribution >= 4 is 11.6 Å². The van der Waals surface area contributed by atoms with E-state index in [4.69, 9.17) is 14.5 Å². The van der Waals surface area contributed by atoms with Crippen molar-refractivity contribution in [3.8, 4) is 0 Å². The van der Waals surface area contributed by atoms with Crippen molar-refractivity contribution in [3.05, 3.63) is 59.7 Å². The van der Waals surface area contributed by atoms with Crippen LogP contribution in [-0.2, 0) is 20.9 Å². The number of ether oxygens (including phenoxy) is 2. The molecule has 0 saturated heterocycles. The second-order valence-electron chi connectivity index (χ2n) is 11.3. The largest absolute Gasteiger partial charge is 0.377 e. The predicted molar refractivity (Wildman–Crippen MR) is 146 cm³/mol. The zero-order valence-corrected chi connectivity index (χ0v) is 22.4. The standard InChI is InChI=1S/C31H44N2O3/c1-4-29(34)33-28(21-36-18-24-9-6-5-7-10-24)30-27-17-26(11-8-16-31(27,3)22-32-30)20-35-19-25-14-12-23(2)13-15-25/h5-11,16,23,25,27-28H,4,12-15,17-22H2,1-3H3,(H,33,34)/t23?,25?,27?,28-,31?/m1/s1. The minimum absolute atomic E-state index is 0.0321. The fraction of sp³-hybridized carbons (Fsp3) is 0.613. The average molecular weight is 493 g/mol. The zero-order chi connectivity index (χ0) is 25.4. The number of amides is 1. The maximum absolute atomic E-state index is 12.4. The lowest BCUT2D eigenvalue weighted by molar-refractivity contribution is -0.121. The summed E-state index contributed by atoms with van der Waals surface area (Å²) in [5.41, 5.74) is 3.45. The summed E-state index contributed by atoms with van der Waals surface area (Å²) in [5.74, 6) is 1.83. The Hall–Kier alpha value is -2.24. The molecule has 2 unspecified atom stereocenters. The molecule has 0 radical (unpaired) electrons. The van der Waals surface area contributed by atoms with Crippen LogP contribution in [0.5, 0.6) is 0 Å². The number of carbonyl (C=O) groups is 1. The van der Waals surface area contributed by atoms with Crippen LogP contribution in [0.15, 0.2) is 59.1 Å². The molecule has 1 aromatic carbocycles. The van der Waals surface area contributed by atoms with Gasteiger partial charge in [0.1, 0.15) is 0 Å². The Balaban J connectivity index is 1.38. The molecule has 1 saturated carbocycles. The van der Waals surface area contributed by atoms with E-state index in [2.05, 4.69) is 49.5 Å². The fourth-order valence-electron chi connectivity index (χ4n) is 5.74. The summed E-state index contributed by atoms with van der Waals surface area (Å²) in [4.78, 5) is 17.4. The summed E-state index contributed by atoms with van der Waals surface area (Å²) in [6.07, 6.45) is 13.3. The summed E-state index contributed by atoms with van der Waals surface area (Å²) in [5, 5.41) is 3.20. The number of fused-ring (bicyclic) bond motifs is 1. The molecular weight excluding hydrogens is 448 g/mol. The monoisotopic (exact) mass is 492 g/mol. The van der Waals surface area contributed by atoms with E-state index in [1.807, 2.05) is 25.1 Å². The van der Waals surface area contributed by atoms with E-state index >= 15 is 0 Å². The maximum atomic E-state index is 12.4. The first-order valence-corrected chi connectivity index (χ1v) is 13.9. The second-order valence-corrected chi connectivity index (χ2v) is 11.3. The van der Waals surface area contributed by atoms with Crippen LogP contribution in [-0.4, -0.2) is 44.0 Å². The topological polar surface area (TPSA) is 59.9 Å². The van der Waals surface area contributed by atoms with E-state index in [9.17, 15) is 4.79 Å². The highest BCUT2D eigenvalue weighted by Gasteiger charge is 2.43. The third-order valence-corrected chi connectivity index (χ3v) is 8.22. The van der Waals surface area contributed by atoms with Crippen molar-refractivity contribution < 1.29 is 14.3 Å². The van der Waals surface area contributed by atoms with E-state index < -0.39 is 0 Å². The normalized spacial score (nSPS) is 28.6. The van der Waals surface area contributed by atoms with Gasteiger partial charge in [0.2, 0.25) is 5.91 Å². The maximum Gasteiger partial charge on any atom is 0.220 e. The average Bonchev–Trinajstić information content (AvgIpc) is 3.11. The van der Waals surface area contributed by atoms with Gasteiger partial charge in [0.25, 0.3) is 0 Å². The quantitative estimate of drug-likeness (QED) is 0.418. The van der Waals surface area contributed by atoms with Crippen LogP contribution >= 0.6 is 0 Å². The summed E-state index contributed by atoms with van der Waals surface area (Å²) in [7, 11) is 0. The Morgan fingerprint density at radius 1 is 1.14 bits per heavy atom. The molecule has 0 bridgehead atoms. The second kappa shape index (κ2) is 12.8. The van der Waals surface area contributed by atoms with E-state index in [-0.39, 0.29) is 23.3 Å². The van der Waals surface area contributed by atoms with Crippen LogP contribution in [0, 0.1) is 23.2 Å². The summed E-state index contributed by atoms with van der Waals surface area (Å²) in [6.45, 7) is 9.75. The number of allylic oxidation sites excluding steroid dienone is 2. The SMILES string of the molecule is CCC(=O)N[C@H](COCc1ccccc1)C1=NCC2(C)C=CC=C(COCC3CCC(C)CC3)CC12. The highest BCUT2D eigenvalue weighted by atomic mass is 16.5. The molecule has 3 aliphatic rings. The molecule has 1 aromatic rings. The number of rotatable bonds is 11. The number of hydrogen-bond acceptors (Lipinski definition) is 4. The van der Waals surface area contributed by atoms with Gasteiger partial charge in [0.15, 0.2) is 0 Å². The Kier molecular flexibility index (Phi) is 9.55. The molecule has 2 aliphatic carbocycles. The lowest BCUT2D eigenvalue weighted by atomic mass is 9.73. The van der Waals surface area contributed by atoms with Gasteiger partial charge >= 0.3 is 0 Å². The lowest BCUT2D eigenvalue weighted by Crippen LogP contribution is -2.47. The first kappa shape index (κ1) is 26.8. The van der Waals surface area contributed by atoms with Crippen molar-refractivity contribution in [2.24, 2.45) is 28.2 Å². The molecule has 196 valence electrons. The van der Waals surface area contributed by atoms with Gasteiger partial charge in [-0.05, 0) is 42.2 Å². The van der Waals surface area contributed by atoms with E-state index in [0.717, 1.165) is 36.8 Å². The minimum atomic E-state index is -0.217. The van der Waals surface area contributed by atoms with Gasteiger partial charge in [-0.25, -0.2) is 0 Å². The predicted octanol–water partition coefficient (Wildman–Crippen LogP) is 5.90. The van der Waals surface area contributed by atoms with Gasteiger partial charge in [-0.1, -0.05) is 82.2 Å². The van der Waals surface area contributed by atoms with Gasteiger partial charge in [0, 0.05) is 36.6 Å². The van der Waals surface area contributed by atoms with Crippen molar-refractivity contribution in [2.75, 3.05) is 26.4 Å². The molecule has 1 aliphatic heterocycles. The van der Waals surface area contributed by atoms with E-state index in [0.29, 0.717) is 32.2 Å². The number of carbonyl (C=O) groups excluding carboxylic acids is 1.